The first-order chi connectivity index (χ1) is 20.9. The fourth-order valence-electron chi connectivity index (χ4n) is 5.57. The largest absolute Gasteiger partial charge is 0.497 e. The van der Waals surface area contributed by atoms with Crippen LogP contribution in [0.25, 0.3) is 11.3 Å². The van der Waals surface area contributed by atoms with E-state index >= 15 is 0 Å². The lowest BCUT2D eigenvalue weighted by Gasteiger charge is -2.28. The summed E-state index contributed by atoms with van der Waals surface area (Å²) >= 11 is 0. The normalized spacial score (nSPS) is 14.7. The Morgan fingerprint density at radius 1 is 0.907 bits per heavy atom. The summed E-state index contributed by atoms with van der Waals surface area (Å²) in [7, 11) is 1.62. The highest BCUT2D eigenvalue weighted by Gasteiger charge is 2.26. The Bertz CT molecular complexity index is 1500. The fourth-order valence-corrected chi connectivity index (χ4v) is 5.57. The fraction of sp³-hybridized carbons (Fsp3) is 0.343. The standard InChI is InChI=1S/C35H40N4O4/c1-26(2)24-37-18-9-19-39(34(40)22-27-10-5-4-6-11-27)32-13-8-7-12-29(32)25-38(21-20-37)35(41)33-23-31(36-43-33)28-14-16-30(42-3)17-15-28/h4-8,10-17,23,26H,9,18-22,24-25H2,1-3H3. The zero-order valence-corrected chi connectivity index (χ0v) is 25.2. The molecular formula is C35H40N4O4. The number of amides is 2. The van der Waals surface area contributed by atoms with Crippen LogP contribution in [0.15, 0.2) is 89.5 Å². The van der Waals surface area contributed by atoms with Crippen LogP contribution in [0.4, 0.5) is 5.69 Å². The van der Waals surface area contributed by atoms with E-state index in [9.17, 15) is 9.59 Å². The Kier molecular flexibility index (Phi) is 9.89. The van der Waals surface area contributed by atoms with E-state index in [4.69, 9.17) is 9.26 Å². The molecule has 0 radical (unpaired) electrons. The first-order valence-corrected chi connectivity index (χ1v) is 15.0. The van der Waals surface area contributed by atoms with E-state index in [2.05, 4.69) is 23.9 Å². The van der Waals surface area contributed by atoms with Crippen molar-refractivity contribution in [2.75, 3.05) is 44.7 Å². The van der Waals surface area contributed by atoms with Gasteiger partial charge in [0.25, 0.3) is 5.91 Å². The van der Waals surface area contributed by atoms with Crippen LogP contribution < -0.4 is 9.64 Å². The number of benzene rings is 3. The van der Waals surface area contributed by atoms with E-state index < -0.39 is 0 Å². The van der Waals surface area contributed by atoms with Gasteiger partial charge in [-0.2, -0.15) is 0 Å². The summed E-state index contributed by atoms with van der Waals surface area (Å²) in [6.45, 7) is 8.36. The van der Waals surface area contributed by atoms with Crippen molar-refractivity contribution in [3.63, 3.8) is 0 Å². The molecule has 1 aliphatic rings. The van der Waals surface area contributed by atoms with Crippen LogP contribution in [-0.2, 0) is 17.8 Å². The average molecular weight is 581 g/mol. The van der Waals surface area contributed by atoms with Crippen molar-refractivity contribution in [2.45, 2.75) is 33.2 Å². The van der Waals surface area contributed by atoms with Gasteiger partial charge in [0.2, 0.25) is 11.7 Å². The number of anilines is 1. The molecule has 8 nitrogen and oxygen atoms in total. The lowest BCUT2D eigenvalue weighted by Crippen LogP contribution is -2.40. The number of fused-ring (bicyclic) bond motifs is 1. The minimum absolute atomic E-state index is 0.0468. The predicted octanol–water partition coefficient (Wildman–Crippen LogP) is 5.93. The van der Waals surface area contributed by atoms with Gasteiger partial charge in [-0.15, -0.1) is 0 Å². The second-order valence-corrected chi connectivity index (χ2v) is 11.4. The van der Waals surface area contributed by atoms with Crippen molar-refractivity contribution >= 4 is 17.5 Å². The first-order valence-electron chi connectivity index (χ1n) is 15.0. The Morgan fingerprint density at radius 3 is 2.40 bits per heavy atom. The lowest BCUT2D eigenvalue weighted by atomic mass is 10.1. The quantitative estimate of drug-likeness (QED) is 0.270. The third kappa shape index (κ3) is 7.70. The predicted molar refractivity (Wildman–Crippen MR) is 168 cm³/mol. The molecule has 5 rings (SSSR count). The second kappa shape index (κ2) is 14.2. The van der Waals surface area contributed by atoms with Gasteiger partial charge < -0.3 is 24.0 Å². The molecule has 0 bridgehead atoms. The molecule has 43 heavy (non-hydrogen) atoms. The molecule has 3 aromatic carbocycles. The van der Waals surface area contributed by atoms with Crippen molar-refractivity contribution in [1.82, 2.24) is 15.0 Å². The van der Waals surface area contributed by atoms with Gasteiger partial charge >= 0.3 is 0 Å². The maximum Gasteiger partial charge on any atom is 0.292 e. The van der Waals surface area contributed by atoms with Gasteiger partial charge in [-0.3, -0.25) is 9.59 Å². The van der Waals surface area contributed by atoms with Crippen molar-refractivity contribution in [1.29, 1.82) is 0 Å². The highest BCUT2D eigenvalue weighted by Crippen LogP contribution is 2.27. The molecule has 2 heterocycles. The molecule has 0 spiro atoms. The molecule has 1 aromatic heterocycles. The monoisotopic (exact) mass is 580 g/mol. The number of aromatic nitrogens is 1. The molecule has 8 heteroatoms. The van der Waals surface area contributed by atoms with Crippen LogP contribution >= 0.6 is 0 Å². The van der Waals surface area contributed by atoms with E-state index in [1.807, 2.05) is 88.7 Å². The molecule has 0 saturated carbocycles. The van der Waals surface area contributed by atoms with E-state index in [1.54, 1.807) is 13.2 Å². The number of para-hydroxylation sites is 1. The Labute approximate surface area is 253 Å². The average Bonchev–Trinajstić information content (AvgIpc) is 3.50. The lowest BCUT2D eigenvalue weighted by molar-refractivity contribution is -0.118. The summed E-state index contributed by atoms with van der Waals surface area (Å²) < 4.78 is 10.9. The number of carbonyl (C=O) groups is 2. The number of hydrogen-bond acceptors (Lipinski definition) is 6. The van der Waals surface area contributed by atoms with Gasteiger partial charge in [0.15, 0.2) is 0 Å². The number of ether oxygens (including phenoxy) is 1. The third-order valence-corrected chi connectivity index (χ3v) is 7.70. The van der Waals surface area contributed by atoms with Crippen LogP contribution in [0.2, 0.25) is 0 Å². The molecule has 0 aliphatic carbocycles. The number of hydrogen-bond donors (Lipinski definition) is 0. The topological polar surface area (TPSA) is 79.1 Å². The molecule has 0 fully saturated rings. The maximum absolute atomic E-state index is 14.0. The van der Waals surface area contributed by atoms with Gasteiger partial charge in [0, 0.05) is 50.0 Å². The van der Waals surface area contributed by atoms with Crippen LogP contribution in [0.3, 0.4) is 0 Å². The summed E-state index contributed by atoms with van der Waals surface area (Å²) in [5, 5.41) is 4.20. The van der Waals surface area contributed by atoms with Crippen molar-refractivity contribution in [3.05, 3.63) is 102 Å². The highest BCUT2D eigenvalue weighted by molar-refractivity contribution is 5.96. The van der Waals surface area contributed by atoms with E-state index in [0.29, 0.717) is 37.7 Å². The van der Waals surface area contributed by atoms with Gasteiger partial charge in [-0.25, -0.2) is 0 Å². The first kappa shape index (κ1) is 30.0. The van der Waals surface area contributed by atoms with E-state index in [0.717, 1.165) is 54.2 Å². The summed E-state index contributed by atoms with van der Waals surface area (Å²) in [4.78, 5) is 33.8. The van der Waals surface area contributed by atoms with Crippen molar-refractivity contribution < 1.29 is 18.8 Å². The Balaban J connectivity index is 1.44. The van der Waals surface area contributed by atoms with Crippen LogP contribution in [0.1, 0.15) is 41.9 Å². The minimum Gasteiger partial charge on any atom is -0.497 e. The summed E-state index contributed by atoms with van der Waals surface area (Å²) in [5.41, 5.74) is 4.17. The molecule has 1 aliphatic heterocycles. The SMILES string of the molecule is COc1ccc(-c2cc(C(=O)N3CCN(CC(C)C)CCCN(C(=O)Cc4ccccc4)c4ccccc4C3)on2)cc1. The van der Waals surface area contributed by atoms with Gasteiger partial charge in [0.05, 0.1) is 13.5 Å². The van der Waals surface area contributed by atoms with Gasteiger partial charge in [0.1, 0.15) is 11.4 Å². The smallest absolute Gasteiger partial charge is 0.292 e. The van der Waals surface area contributed by atoms with Gasteiger partial charge in [-0.1, -0.05) is 67.5 Å². The molecule has 0 saturated heterocycles. The minimum atomic E-state index is -0.229. The number of methoxy groups -OCH3 is 1. The molecule has 0 atom stereocenters. The summed E-state index contributed by atoms with van der Waals surface area (Å²) in [6.07, 6.45) is 1.16. The van der Waals surface area contributed by atoms with Gasteiger partial charge in [-0.05, 0) is 60.3 Å². The summed E-state index contributed by atoms with van der Waals surface area (Å²) in [6, 6.07) is 26.9. The van der Waals surface area contributed by atoms with E-state index in [1.165, 1.54) is 0 Å². The molecule has 224 valence electrons. The second-order valence-electron chi connectivity index (χ2n) is 11.4. The summed E-state index contributed by atoms with van der Waals surface area (Å²) in [5.74, 6) is 1.22. The van der Waals surface area contributed by atoms with E-state index in [-0.39, 0.29) is 17.6 Å². The molecular weight excluding hydrogens is 540 g/mol. The number of carbonyl (C=O) groups excluding carboxylic acids is 2. The Morgan fingerprint density at radius 2 is 1.65 bits per heavy atom. The van der Waals surface area contributed by atoms with Crippen LogP contribution in [0, 0.1) is 5.92 Å². The maximum atomic E-state index is 14.0. The number of rotatable bonds is 7. The highest BCUT2D eigenvalue weighted by atomic mass is 16.5. The zero-order chi connectivity index (χ0) is 30.2. The third-order valence-electron chi connectivity index (χ3n) is 7.70. The molecule has 2 amide bonds. The molecule has 0 N–H and O–H groups in total. The molecule has 0 unspecified atom stereocenters. The van der Waals surface area contributed by atoms with Crippen LogP contribution in [0.5, 0.6) is 5.75 Å². The molecule has 4 aromatic rings. The van der Waals surface area contributed by atoms with Crippen molar-refractivity contribution in [3.8, 4) is 17.0 Å². The zero-order valence-electron chi connectivity index (χ0n) is 25.2. The van der Waals surface area contributed by atoms with Crippen molar-refractivity contribution in [2.24, 2.45) is 5.92 Å². The number of nitrogens with zero attached hydrogens (tertiary/aromatic N) is 4. The van der Waals surface area contributed by atoms with Crippen LogP contribution in [-0.4, -0.2) is 66.6 Å². The Hall–Kier alpha value is -4.43.